The Morgan fingerprint density at radius 3 is 2.83 bits per heavy atom. The number of hydrogen-bond acceptors (Lipinski definition) is 3. The van der Waals surface area contributed by atoms with Crippen molar-refractivity contribution in [2.24, 2.45) is 0 Å². The summed E-state index contributed by atoms with van der Waals surface area (Å²) < 4.78 is 4.62. The van der Waals surface area contributed by atoms with Crippen molar-refractivity contribution >= 4 is 19.3 Å². The van der Waals surface area contributed by atoms with Gasteiger partial charge < -0.3 is 4.74 Å². The van der Waals surface area contributed by atoms with Gasteiger partial charge in [0.15, 0.2) is 0 Å². The van der Waals surface area contributed by atoms with Gasteiger partial charge in [0.25, 0.3) is 0 Å². The van der Waals surface area contributed by atoms with E-state index in [4.69, 9.17) is 0 Å². The normalized spacial score (nSPS) is 9.50. The van der Waals surface area contributed by atoms with Crippen LogP contribution in [0.15, 0.2) is 12.3 Å². The second kappa shape index (κ2) is 3.39. The van der Waals surface area contributed by atoms with Crippen LogP contribution in [0.3, 0.4) is 0 Å². The molecule has 0 aliphatic rings. The minimum Gasteiger partial charge on any atom is -0.465 e. The minimum atomic E-state index is -0.321. The molecule has 0 fully saturated rings. The van der Waals surface area contributed by atoms with Crippen LogP contribution in [-0.2, 0) is 4.74 Å². The molecule has 12 heavy (non-hydrogen) atoms. The topological polar surface area (TPSA) is 39.2 Å². The van der Waals surface area contributed by atoms with E-state index < -0.39 is 0 Å². The molecule has 0 spiro atoms. The SMILES string of the molecule is Bc1ccnc(C)c1C(=O)OC. The molecule has 0 atom stereocenters. The largest absolute Gasteiger partial charge is 0.465 e. The summed E-state index contributed by atoms with van der Waals surface area (Å²) in [6, 6.07) is 1.79. The molecular formula is C8H10BNO2. The molecule has 3 nitrogen and oxygen atoms in total. The quantitative estimate of drug-likeness (QED) is 0.411. The summed E-state index contributed by atoms with van der Waals surface area (Å²) in [4.78, 5) is 15.2. The van der Waals surface area contributed by atoms with E-state index in [0.29, 0.717) is 11.3 Å². The van der Waals surface area contributed by atoms with E-state index in [0.717, 1.165) is 5.46 Å². The molecule has 4 heteroatoms. The lowest BCUT2D eigenvalue weighted by molar-refractivity contribution is 0.0601. The first-order valence-electron chi connectivity index (χ1n) is 3.67. The van der Waals surface area contributed by atoms with E-state index in [1.54, 1.807) is 19.2 Å². The predicted octanol–water partition coefficient (Wildman–Crippen LogP) is -0.565. The summed E-state index contributed by atoms with van der Waals surface area (Å²) in [6.45, 7) is 1.79. The zero-order valence-electron chi connectivity index (χ0n) is 7.42. The Morgan fingerprint density at radius 1 is 1.67 bits per heavy atom. The molecule has 0 aliphatic heterocycles. The highest BCUT2D eigenvalue weighted by molar-refractivity contribution is 6.36. The van der Waals surface area contributed by atoms with Gasteiger partial charge in [-0.1, -0.05) is 5.46 Å². The maximum absolute atomic E-state index is 11.2. The Kier molecular flexibility index (Phi) is 2.48. The summed E-state index contributed by atoms with van der Waals surface area (Å²) in [5.74, 6) is -0.321. The molecule has 0 saturated carbocycles. The summed E-state index contributed by atoms with van der Waals surface area (Å²) in [5, 5.41) is 0. The van der Waals surface area contributed by atoms with Crippen molar-refractivity contribution in [1.82, 2.24) is 4.98 Å². The van der Waals surface area contributed by atoms with Gasteiger partial charge in [-0.05, 0) is 13.0 Å². The third-order valence-corrected chi connectivity index (χ3v) is 1.74. The number of methoxy groups -OCH3 is 1. The van der Waals surface area contributed by atoms with E-state index >= 15 is 0 Å². The third-order valence-electron chi connectivity index (χ3n) is 1.74. The van der Waals surface area contributed by atoms with Crippen LogP contribution in [0.5, 0.6) is 0 Å². The minimum absolute atomic E-state index is 0.321. The van der Waals surface area contributed by atoms with E-state index in [2.05, 4.69) is 9.72 Å². The number of ether oxygens (including phenoxy) is 1. The monoisotopic (exact) mass is 163 g/mol. The van der Waals surface area contributed by atoms with Crippen molar-refractivity contribution in [3.63, 3.8) is 0 Å². The number of nitrogens with zero attached hydrogens (tertiary/aromatic N) is 1. The Morgan fingerprint density at radius 2 is 2.33 bits per heavy atom. The van der Waals surface area contributed by atoms with Crippen molar-refractivity contribution in [3.05, 3.63) is 23.5 Å². The lowest BCUT2D eigenvalue weighted by Crippen LogP contribution is -2.19. The molecule has 0 N–H and O–H groups in total. The van der Waals surface area contributed by atoms with E-state index in [-0.39, 0.29) is 5.97 Å². The van der Waals surface area contributed by atoms with Crippen LogP contribution in [0.25, 0.3) is 0 Å². The fourth-order valence-electron chi connectivity index (χ4n) is 1.10. The summed E-state index contributed by atoms with van der Waals surface area (Å²) in [7, 11) is 3.23. The van der Waals surface area contributed by atoms with Gasteiger partial charge in [0, 0.05) is 6.20 Å². The molecule has 1 aromatic rings. The molecule has 1 aromatic heterocycles. The van der Waals surface area contributed by atoms with Crippen LogP contribution in [0.4, 0.5) is 0 Å². The Balaban J connectivity index is 3.21. The first-order valence-corrected chi connectivity index (χ1v) is 3.67. The Bertz CT molecular complexity index is 292. The molecule has 0 saturated heterocycles. The number of carbonyl (C=O) groups excluding carboxylic acids is 1. The average molecular weight is 163 g/mol. The van der Waals surface area contributed by atoms with E-state index in [1.165, 1.54) is 7.11 Å². The molecule has 0 radical (unpaired) electrons. The van der Waals surface area contributed by atoms with E-state index in [1.807, 2.05) is 7.85 Å². The van der Waals surface area contributed by atoms with Gasteiger partial charge in [0.1, 0.15) is 7.85 Å². The van der Waals surface area contributed by atoms with Gasteiger partial charge >= 0.3 is 5.97 Å². The van der Waals surface area contributed by atoms with Crippen molar-refractivity contribution in [1.29, 1.82) is 0 Å². The number of carbonyl (C=O) groups is 1. The number of rotatable bonds is 1. The third kappa shape index (κ3) is 1.47. The van der Waals surface area contributed by atoms with Gasteiger partial charge in [0.05, 0.1) is 18.4 Å². The summed E-state index contributed by atoms with van der Waals surface area (Å²) in [5.41, 5.74) is 2.18. The molecule has 0 aliphatic carbocycles. The van der Waals surface area contributed by atoms with Crippen LogP contribution >= 0.6 is 0 Å². The standard InChI is InChI=1S/C8H10BNO2/c1-5-7(8(11)12-2)6(9)3-4-10-5/h3-4H,9H2,1-2H3. The first kappa shape index (κ1) is 8.78. The van der Waals surface area contributed by atoms with Crippen LogP contribution in [-0.4, -0.2) is 25.9 Å². The van der Waals surface area contributed by atoms with Crippen LogP contribution in [0.2, 0.25) is 0 Å². The maximum Gasteiger partial charge on any atom is 0.339 e. The molecule has 0 bridgehead atoms. The number of esters is 1. The number of aromatic nitrogens is 1. The van der Waals surface area contributed by atoms with Gasteiger partial charge in [-0.2, -0.15) is 0 Å². The molecule has 1 heterocycles. The molecule has 0 unspecified atom stereocenters. The van der Waals surface area contributed by atoms with Crippen molar-refractivity contribution in [2.45, 2.75) is 6.92 Å². The molecule has 62 valence electrons. The second-order valence-corrected chi connectivity index (χ2v) is 2.58. The van der Waals surface area contributed by atoms with Gasteiger partial charge in [0.2, 0.25) is 0 Å². The van der Waals surface area contributed by atoms with Gasteiger partial charge in [-0.15, -0.1) is 0 Å². The number of pyridine rings is 1. The lowest BCUT2D eigenvalue weighted by atomic mass is 9.90. The maximum atomic E-state index is 11.2. The average Bonchev–Trinajstić information content (AvgIpc) is 2.03. The zero-order valence-corrected chi connectivity index (χ0v) is 7.42. The Hall–Kier alpha value is -1.32. The van der Waals surface area contributed by atoms with Crippen LogP contribution in [0, 0.1) is 6.92 Å². The van der Waals surface area contributed by atoms with Crippen LogP contribution in [0.1, 0.15) is 16.1 Å². The molecule has 1 rings (SSSR count). The summed E-state index contributed by atoms with van der Waals surface area (Å²) >= 11 is 0. The lowest BCUT2D eigenvalue weighted by Gasteiger charge is -2.05. The first-order chi connectivity index (χ1) is 5.66. The van der Waals surface area contributed by atoms with Crippen molar-refractivity contribution in [2.75, 3.05) is 7.11 Å². The Labute approximate surface area is 72.2 Å². The fraction of sp³-hybridized carbons (Fsp3) is 0.250. The second-order valence-electron chi connectivity index (χ2n) is 2.58. The smallest absolute Gasteiger partial charge is 0.339 e. The molecular weight excluding hydrogens is 153 g/mol. The summed E-state index contributed by atoms with van der Waals surface area (Å²) in [6.07, 6.45) is 1.68. The zero-order chi connectivity index (χ0) is 9.14. The number of aryl methyl sites for hydroxylation is 1. The highest BCUT2D eigenvalue weighted by Gasteiger charge is 2.11. The van der Waals surface area contributed by atoms with Crippen molar-refractivity contribution in [3.8, 4) is 0 Å². The fourth-order valence-corrected chi connectivity index (χ4v) is 1.10. The predicted molar refractivity (Wildman–Crippen MR) is 48.5 cm³/mol. The van der Waals surface area contributed by atoms with Gasteiger partial charge in [-0.3, -0.25) is 4.98 Å². The molecule has 0 amide bonds. The van der Waals surface area contributed by atoms with E-state index in [9.17, 15) is 4.79 Å². The van der Waals surface area contributed by atoms with Crippen molar-refractivity contribution < 1.29 is 9.53 Å². The van der Waals surface area contributed by atoms with Crippen LogP contribution < -0.4 is 5.46 Å². The highest BCUT2D eigenvalue weighted by atomic mass is 16.5. The highest BCUT2D eigenvalue weighted by Crippen LogP contribution is 2.01. The molecule has 0 aromatic carbocycles. The van der Waals surface area contributed by atoms with Gasteiger partial charge in [-0.25, -0.2) is 4.79 Å². The number of hydrogen-bond donors (Lipinski definition) is 0.